The van der Waals surface area contributed by atoms with Crippen LogP contribution >= 0.6 is 11.6 Å². The highest BCUT2D eigenvalue weighted by Gasteiger charge is 2.31. The lowest BCUT2D eigenvalue weighted by Crippen LogP contribution is -2.41. The van der Waals surface area contributed by atoms with Crippen LogP contribution in [0.5, 0.6) is 17.2 Å². The lowest BCUT2D eigenvalue weighted by Gasteiger charge is -2.27. The standard InChI is InChI=1S/C29H35ClN2O6S/c1-19-12-20(2)29(21(3)13-19)39(34,35)32(17-22-8-10-24(30)11-9-22)18-27(33)31(4)16-23-14-25(36-5)28(38-7)26(15-23)37-6/h8-15H,16-18H2,1-7H3. The molecule has 0 N–H and O–H groups in total. The Balaban J connectivity index is 1.94. The van der Waals surface area contributed by atoms with Gasteiger partial charge >= 0.3 is 0 Å². The molecule has 8 nitrogen and oxygen atoms in total. The fourth-order valence-electron chi connectivity index (χ4n) is 4.58. The number of sulfonamides is 1. The number of nitrogens with zero attached hydrogens (tertiary/aromatic N) is 2. The molecular formula is C29H35ClN2O6S. The molecule has 1 amide bonds. The Morgan fingerprint density at radius 2 is 1.36 bits per heavy atom. The number of rotatable bonds is 11. The third kappa shape index (κ3) is 7.03. The molecule has 210 valence electrons. The van der Waals surface area contributed by atoms with Crippen molar-refractivity contribution in [2.75, 3.05) is 34.9 Å². The third-order valence-corrected chi connectivity index (χ3v) is 8.71. The summed E-state index contributed by atoms with van der Waals surface area (Å²) in [4.78, 5) is 15.1. The largest absolute Gasteiger partial charge is 0.493 e. The summed E-state index contributed by atoms with van der Waals surface area (Å²) < 4.78 is 45.4. The van der Waals surface area contributed by atoms with E-state index in [4.69, 9.17) is 25.8 Å². The molecule has 0 aromatic heterocycles. The first-order valence-corrected chi connectivity index (χ1v) is 14.1. The van der Waals surface area contributed by atoms with E-state index < -0.39 is 10.0 Å². The van der Waals surface area contributed by atoms with Gasteiger partial charge in [-0.2, -0.15) is 4.31 Å². The number of methoxy groups -OCH3 is 3. The van der Waals surface area contributed by atoms with Gasteiger partial charge in [0.15, 0.2) is 11.5 Å². The predicted octanol–water partition coefficient (Wildman–Crippen LogP) is 5.14. The summed E-state index contributed by atoms with van der Waals surface area (Å²) in [5.41, 5.74) is 3.68. The Labute approximate surface area is 236 Å². The fourth-order valence-corrected chi connectivity index (χ4v) is 6.50. The lowest BCUT2D eigenvalue weighted by atomic mass is 10.1. The molecule has 0 heterocycles. The molecular weight excluding hydrogens is 540 g/mol. The van der Waals surface area contributed by atoms with Crippen LogP contribution in [0.3, 0.4) is 0 Å². The van der Waals surface area contributed by atoms with Crippen molar-refractivity contribution in [1.82, 2.24) is 9.21 Å². The van der Waals surface area contributed by atoms with Crippen molar-refractivity contribution in [2.24, 2.45) is 0 Å². The molecule has 10 heteroatoms. The van der Waals surface area contributed by atoms with Gasteiger partial charge in [0.05, 0.1) is 32.8 Å². The summed E-state index contributed by atoms with van der Waals surface area (Å²) in [6, 6.07) is 14.1. The van der Waals surface area contributed by atoms with Crippen LogP contribution in [0, 0.1) is 20.8 Å². The fraction of sp³-hybridized carbons (Fsp3) is 0.345. The molecule has 0 aliphatic heterocycles. The van der Waals surface area contributed by atoms with Gasteiger partial charge in [0.25, 0.3) is 0 Å². The van der Waals surface area contributed by atoms with Crippen molar-refractivity contribution in [3.05, 3.63) is 81.4 Å². The number of benzene rings is 3. The van der Waals surface area contributed by atoms with E-state index in [2.05, 4.69) is 0 Å². The predicted molar refractivity (Wildman–Crippen MR) is 152 cm³/mol. The summed E-state index contributed by atoms with van der Waals surface area (Å²) in [7, 11) is 2.16. The molecule has 3 aromatic rings. The number of carbonyl (C=O) groups excluding carboxylic acids is 1. The number of hydrogen-bond donors (Lipinski definition) is 0. The average Bonchev–Trinajstić information content (AvgIpc) is 2.87. The summed E-state index contributed by atoms with van der Waals surface area (Å²) in [5, 5.41) is 0.541. The van der Waals surface area contributed by atoms with E-state index in [1.807, 2.05) is 19.1 Å². The molecule has 0 radical (unpaired) electrons. The van der Waals surface area contributed by atoms with Crippen molar-refractivity contribution in [3.63, 3.8) is 0 Å². The summed E-state index contributed by atoms with van der Waals surface area (Å²) in [6.45, 7) is 5.32. The second kappa shape index (κ2) is 12.7. The number of likely N-dealkylation sites (N-methyl/N-ethyl adjacent to an activating group) is 1. The number of amides is 1. The molecule has 3 aromatic carbocycles. The van der Waals surface area contributed by atoms with Crippen LogP contribution in [-0.2, 0) is 27.9 Å². The van der Waals surface area contributed by atoms with Gasteiger partial charge in [0.2, 0.25) is 21.7 Å². The van der Waals surface area contributed by atoms with Crippen molar-refractivity contribution < 1.29 is 27.4 Å². The number of hydrogen-bond acceptors (Lipinski definition) is 6. The minimum absolute atomic E-state index is 0.00994. The quantitative estimate of drug-likeness (QED) is 0.315. The van der Waals surface area contributed by atoms with Gasteiger partial charge in [-0.15, -0.1) is 0 Å². The summed E-state index contributed by atoms with van der Waals surface area (Å²) in [6.07, 6.45) is 0. The van der Waals surface area contributed by atoms with E-state index in [9.17, 15) is 13.2 Å². The number of halogens is 1. The molecule has 0 aliphatic carbocycles. The normalized spacial score (nSPS) is 11.4. The molecule has 0 fully saturated rings. The highest BCUT2D eigenvalue weighted by Crippen LogP contribution is 2.38. The van der Waals surface area contributed by atoms with Crippen molar-refractivity contribution in [1.29, 1.82) is 0 Å². The molecule has 39 heavy (non-hydrogen) atoms. The number of carbonyl (C=O) groups is 1. The molecule has 0 atom stereocenters. The molecule has 0 bridgehead atoms. The molecule has 0 unspecified atom stereocenters. The molecule has 0 saturated heterocycles. The smallest absolute Gasteiger partial charge is 0.244 e. The zero-order valence-corrected chi connectivity index (χ0v) is 24.9. The SMILES string of the molecule is COc1cc(CN(C)C(=O)CN(Cc2ccc(Cl)cc2)S(=O)(=O)c2c(C)cc(C)cc2C)cc(OC)c1OC. The highest BCUT2D eigenvalue weighted by molar-refractivity contribution is 7.89. The Bertz CT molecular complexity index is 1390. The van der Waals surface area contributed by atoms with E-state index in [0.717, 1.165) is 11.1 Å². The molecule has 0 saturated carbocycles. The van der Waals surface area contributed by atoms with E-state index in [1.165, 1.54) is 30.5 Å². The van der Waals surface area contributed by atoms with Crippen LogP contribution < -0.4 is 14.2 Å². The Kier molecular flexibility index (Phi) is 9.88. The van der Waals surface area contributed by atoms with Gasteiger partial charge in [0.1, 0.15) is 0 Å². The second-order valence-corrected chi connectivity index (χ2v) is 11.7. The van der Waals surface area contributed by atoms with Gasteiger partial charge < -0.3 is 19.1 Å². The van der Waals surface area contributed by atoms with Crippen LogP contribution in [0.15, 0.2) is 53.4 Å². The van der Waals surface area contributed by atoms with Gasteiger partial charge in [-0.05, 0) is 67.3 Å². The van der Waals surface area contributed by atoms with Crippen molar-refractivity contribution in [3.8, 4) is 17.2 Å². The Morgan fingerprint density at radius 1 is 0.821 bits per heavy atom. The maximum atomic E-state index is 14.0. The van der Waals surface area contributed by atoms with Crippen LogP contribution in [0.2, 0.25) is 5.02 Å². The summed E-state index contributed by atoms with van der Waals surface area (Å²) >= 11 is 6.04. The first-order chi connectivity index (χ1) is 18.4. The third-order valence-electron chi connectivity index (χ3n) is 6.36. The Hall–Kier alpha value is -3.27. The van der Waals surface area contributed by atoms with Gasteiger partial charge in [-0.25, -0.2) is 8.42 Å². The Morgan fingerprint density at radius 3 is 1.85 bits per heavy atom. The topological polar surface area (TPSA) is 85.4 Å². The maximum absolute atomic E-state index is 14.0. The van der Waals surface area contributed by atoms with Gasteiger partial charge in [-0.1, -0.05) is 41.4 Å². The first kappa shape index (κ1) is 30.3. The molecule has 3 rings (SSSR count). The molecule has 0 aliphatic rings. The average molecular weight is 575 g/mol. The van der Waals surface area contributed by atoms with Crippen LogP contribution in [0.1, 0.15) is 27.8 Å². The number of ether oxygens (including phenoxy) is 3. The van der Waals surface area contributed by atoms with Crippen LogP contribution in [0.4, 0.5) is 0 Å². The van der Waals surface area contributed by atoms with Crippen molar-refractivity contribution in [2.45, 2.75) is 38.8 Å². The maximum Gasteiger partial charge on any atom is 0.244 e. The second-order valence-electron chi connectivity index (χ2n) is 9.41. The lowest BCUT2D eigenvalue weighted by molar-refractivity contribution is -0.130. The van der Waals surface area contributed by atoms with Gasteiger partial charge in [0, 0.05) is 25.2 Å². The van der Waals surface area contributed by atoms with Crippen molar-refractivity contribution >= 4 is 27.5 Å². The minimum atomic E-state index is -4.02. The van der Waals surface area contributed by atoms with E-state index in [-0.39, 0.29) is 30.4 Å². The van der Waals surface area contributed by atoms with Crippen LogP contribution in [0.25, 0.3) is 0 Å². The zero-order chi connectivity index (χ0) is 28.9. The molecule has 0 spiro atoms. The van der Waals surface area contributed by atoms with E-state index in [1.54, 1.807) is 57.3 Å². The van der Waals surface area contributed by atoms with E-state index >= 15 is 0 Å². The number of aryl methyl sites for hydroxylation is 3. The zero-order valence-electron chi connectivity index (χ0n) is 23.4. The van der Waals surface area contributed by atoms with Gasteiger partial charge in [-0.3, -0.25) is 4.79 Å². The summed E-state index contributed by atoms with van der Waals surface area (Å²) in [5.74, 6) is 1.00. The highest BCUT2D eigenvalue weighted by atomic mass is 35.5. The minimum Gasteiger partial charge on any atom is -0.493 e. The monoisotopic (exact) mass is 574 g/mol. The first-order valence-electron chi connectivity index (χ1n) is 12.3. The van der Waals surface area contributed by atoms with Crippen LogP contribution in [-0.4, -0.2) is 58.5 Å². The van der Waals surface area contributed by atoms with E-state index in [0.29, 0.717) is 39.0 Å².